The van der Waals surface area contributed by atoms with Gasteiger partial charge in [0.25, 0.3) is 5.56 Å². The number of phenols is 1. The third kappa shape index (κ3) is 2.41. The van der Waals surface area contributed by atoms with Crippen LogP contribution in [0.1, 0.15) is 0 Å². The number of hydrogen-bond donors (Lipinski definition) is 3. The minimum atomic E-state index is -0.383. The number of rotatable bonds is 2. The van der Waals surface area contributed by atoms with Crippen LogP contribution in [0.5, 0.6) is 11.5 Å². The van der Waals surface area contributed by atoms with E-state index < -0.39 is 0 Å². The fourth-order valence-corrected chi connectivity index (χ4v) is 4.22. The van der Waals surface area contributed by atoms with E-state index >= 15 is 0 Å². The third-order valence-corrected chi connectivity index (χ3v) is 5.72. The molecule has 0 spiro atoms. The van der Waals surface area contributed by atoms with Crippen molar-refractivity contribution in [3.63, 3.8) is 0 Å². The van der Waals surface area contributed by atoms with Gasteiger partial charge in [-0.15, -0.1) is 0 Å². The molecule has 0 atom stereocenters. The van der Waals surface area contributed by atoms with Gasteiger partial charge in [-0.25, -0.2) is 4.98 Å². The molecule has 0 unspecified atom stereocenters. The highest BCUT2D eigenvalue weighted by Crippen LogP contribution is 2.40. The number of aromatic amines is 2. The van der Waals surface area contributed by atoms with Gasteiger partial charge in [0, 0.05) is 42.4 Å². The summed E-state index contributed by atoms with van der Waals surface area (Å²) in [6, 6.07) is 9.62. The Labute approximate surface area is 178 Å². The van der Waals surface area contributed by atoms with Gasteiger partial charge in [-0.1, -0.05) is 0 Å². The summed E-state index contributed by atoms with van der Waals surface area (Å²) in [6.45, 7) is 0. The van der Waals surface area contributed by atoms with E-state index in [-0.39, 0.29) is 22.3 Å². The van der Waals surface area contributed by atoms with E-state index in [1.165, 1.54) is 6.07 Å². The van der Waals surface area contributed by atoms with Crippen molar-refractivity contribution in [2.45, 2.75) is 0 Å². The number of fused-ring (bicyclic) bond motifs is 5. The van der Waals surface area contributed by atoms with Crippen LogP contribution >= 0.6 is 0 Å². The molecule has 9 nitrogen and oxygen atoms in total. The molecule has 0 aliphatic carbocycles. The molecule has 0 amide bonds. The zero-order valence-electron chi connectivity index (χ0n) is 17.0. The number of pyridine rings is 2. The molecule has 6 aromatic rings. The number of furan rings is 1. The minimum Gasteiger partial charge on any atom is -0.507 e. The zero-order chi connectivity index (χ0) is 22.1. The van der Waals surface area contributed by atoms with Crippen LogP contribution in [0, 0.1) is 0 Å². The van der Waals surface area contributed by atoms with Gasteiger partial charge < -0.3 is 24.3 Å². The fraction of sp³-hybridized carbons (Fsp3) is 0.0870. The lowest BCUT2D eigenvalue weighted by molar-refractivity contribution is 0.415. The van der Waals surface area contributed by atoms with Crippen LogP contribution in [-0.2, 0) is 7.05 Å². The molecule has 0 saturated heterocycles. The number of phenolic OH excluding ortho intramolecular Hbond substituents is 1. The van der Waals surface area contributed by atoms with Crippen LogP contribution < -0.4 is 15.7 Å². The maximum atomic E-state index is 13.2. The van der Waals surface area contributed by atoms with Crippen LogP contribution in [0.3, 0.4) is 0 Å². The Kier molecular flexibility index (Phi) is 3.56. The van der Waals surface area contributed by atoms with E-state index in [0.29, 0.717) is 49.9 Å². The Morgan fingerprint density at radius 2 is 2.00 bits per heavy atom. The second-order valence-corrected chi connectivity index (χ2v) is 7.62. The van der Waals surface area contributed by atoms with Gasteiger partial charge in [0.2, 0.25) is 0 Å². The summed E-state index contributed by atoms with van der Waals surface area (Å²) in [4.78, 5) is 32.7. The summed E-state index contributed by atoms with van der Waals surface area (Å²) >= 11 is 0. The topological polar surface area (TPSA) is 126 Å². The van der Waals surface area contributed by atoms with Crippen molar-refractivity contribution < 1.29 is 14.3 Å². The van der Waals surface area contributed by atoms with Crippen LogP contribution in [0.25, 0.3) is 55.1 Å². The molecule has 3 N–H and O–H groups in total. The Morgan fingerprint density at radius 3 is 2.81 bits per heavy atom. The second kappa shape index (κ2) is 6.24. The van der Waals surface area contributed by atoms with E-state index in [4.69, 9.17) is 9.15 Å². The third-order valence-electron chi connectivity index (χ3n) is 5.72. The molecule has 32 heavy (non-hydrogen) atoms. The highest BCUT2D eigenvalue weighted by molar-refractivity contribution is 6.16. The first-order valence-corrected chi connectivity index (χ1v) is 9.79. The van der Waals surface area contributed by atoms with E-state index in [2.05, 4.69) is 15.1 Å². The van der Waals surface area contributed by atoms with Crippen LogP contribution in [0.4, 0.5) is 0 Å². The maximum Gasteiger partial charge on any atom is 0.256 e. The Hall–Kier alpha value is -4.53. The van der Waals surface area contributed by atoms with Crippen molar-refractivity contribution in [3.05, 3.63) is 63.2 Å². The van der Waals surface area contributed by atoms with Gasteiger partial charge in [0.15, 0.2) is 16.7 Å². The van der Waals surface area contributed by atoms with Crippen LogP contribution in [0.15, 0.2) is 56.6 Å². The van der Waals surface area contributed by atoms with Gasteiger partial charge in [-0.3, -0.25) is 14.3 Å². The molecule has 6 rings (SSSR count). The largest absolute Gasteiger partial charge is 0.507 e. The molecule has 4 aromatic heterocycles. The molecule has 0 aliphatic heterocycles. The van der Waals surface area contributed by atoms with Gasteiger partial charge in [0.1, 0.15) is 22.6 Å². The van der Waals surface area contributed by atoms with E-state index in [0.717, 1.165) is 11.5 Å². The van der Waals surface area contributed by atoms with Gasteiger partial charge in [0.05, 0.1) is 23.6 Å². The molecule has 2 aromatic carbocycles. The lowest BCUT2D eigenvalue weighted by atomic mass is 10.0. The van der Waals surface area contributed by atoms with Crippen molar-refractivity contribution in [2.24, 2.45) is 7.05 Å². The molecule has 0 saturated carbocycles. The van der Waals surface area contributed by atoms with Crippen LogP contribution in [0.2, 0.25) is 0 Å². The number of aromatic hydroxyl groups is 1. The number of nitrogens with one attached hydrogen (secondary N) is 2. The molecule has 0 aliphatic rings. The predicted molar refractivity (Wildman–Crippen MR) is 120 cm³/mol. The fourth-order valence-electron chi connectivity index (χ4n) is 4.22. The average molecular weight is 428 g/mol. The summed E-state index contributed by atoms with van der Waals surface area (Å²) in [5, 5.41) is 15.3. The average Bonchev–Trinajstić information content (AvgIpc) is 3.31. The first-order chi connectivity index (χ1) is 15.4. The van der Waals surface area contributed by atoms with Crippen LogP contribution in [-0.4, -0.2) is 32.0 Å². The Balaban J connectivity index is 1.80. The normalized spacial score (nSPS) is 11.8. The molecule has 0 bridgehead atoms. The smallest absolute Gasteiger partial charge is 0.256 e. The number of H-pyrrole nitrogens is 2. The number of aryl methyl sites for hydroxylation is 1. The zero-order valence-corrected chi connectivity index (χ0v) is 17.0. The lowest BCUT2D eigenvalue weighted by Crippen LogP contribution is -2.09. The lowest BCUT2D eigenvalue weighted by Gasteiger charge is -2.08. The molecule has 0 radical (unpaired) electrons. The summed E-state index contributed by atoms with van der Waals surface area (Å²) in [7, 11) is 3.36. The number of ether oxygens (including phenoxy) is 1. The highest BCUT2D eigenvalue weighted by Gasteiger charge is 2.23. The molecule has 4 heterocycles. The van der Waals surface area contributed by atoms with Gasteiger partial charge in [-0.05, 0) is 23.6 Å². The maximum absolute atomic E-state index is 13.2. The van der Waals surface area contributed by atoms with Crippen molar-refractivity contribution in [1.82, 2.24) is 19.7 Å². The van der Waals surface area contributed by atoms with Crippen molar-refractivity contribution in [3.8, 4) is 22.6 Å². The number of nitrogens with zero attached hydrogens (tertiary/aromatic N) is 2. The van der Waals surface area contributed by atoms with E-state index in [9.17, 15) is 14.7 Å². The van der Waals surface area contributed by atoms with Gasteiger partial charge >= 0.3 is 0 Å². The first kappa shape index (κ1) is 18.3. The number of aromatic nitrogens is 4. The molecule has 9 heteroatoms. The molecular weight excluding hydrogens is 412 g/mol. The number of methoxy groups -OCH3 is 1. The molecule has 0 fully saturated rings. The SMILES string of the molecule is COc1ccc2cc(-c3c4c[nH]n(C)c4nc4c3oc3cc(=O)cc(O)c34)c(=O)[nH]c2c1. The summed E-state index contributed by atoms with van der Waals surface area (Å²) < 4.78 is 13.0. The predicted octanol–water partition coefficient (Wildman–Crippen LogP) is 3.38. The summed E-state index contributed by atoms with van der Waals surface area (Å²) in [6.07, 6.45) is 1.74. The molecule has 158 valence electrons. The monoisotopic (exact) mass is 428 g/mol. The standard InChI is InChI=1S/C23H16N4O5/c1-27-22-14(9-24-27)18(13-5-10-3-4-12(31-2)8-15(10)25-23(13)30)21-20(26-22)19-16(29)6-11(28)7-17(19)32-21/h3-9,24,29H,1-2H3,(H,25,30). The quantitative estimate of drug-likeness (QED) is 0.388. The minimum absolute atomic E-state index is 0.208. The Morgan fingerprint density at radius 1 is 1.16 bits per heavy atom. The van der Waals surface area contributed by atoms with Crippen molar-refractivity contribution >= 4 is 44.0 Å². The number of hydrogen-bond acceptors (Lipinski definition) is 6. The first-order valence-electron chi connectivity index (χ1n) is 9.79. The van der Waals surface area contributed by atoms with E-state index in [1.54, 1.807) is 37.2 Å². The molecular formula is C23H16N4O5. The number of benzene rings is 2. The van der Waals surface area contributed by atoms with E-state index in [1.807, 2.05) is 12.1 Å². The van der Waals surface area contributed by atoms with Crippen molar-refractivity contribution in [2.75, 3.05) is 7.11 Å². The summed E-state index contributed by atoms with van der Waals surface area (Å²) in [5.41, 5.74) is 2.27. The second-order valence-electron chi connectivity index (χ2n) is 7.62. The Bertz CT molecular complexity index is 1840. The van der Waals surface area contributed by atoms with Crippen molar-refractivity contribution in [1.29, 1.82) is 0 Å². The summed E-state index contributed by atoms with van der Waals surface area (Å²) in [5.74, 6) is 0.412. The van der Waals surface area contributed by atoms with Gasteiger partial charge in [-0.2, -0.15) is 0 Å². The highest BCUT2D eigenvalue weighted by atomic mass is 16.5.